The van der Waals surface area contributed by atoms with Crippen molar-refractivity contribution in [1.82, 2.24) is 10.6 Å². The lowest BCUT2D eigenvalue weighted by Crippen LogP contribution is -2.60. The summed E-state index contributed by atoms with van der Waals surface area (Å²) in [5.74, 6) is -0.868. The second-order valence-electron chi connectivity index (χ2n) is 10.9. The molecule has 182 valence electrons. The summed E-state index contributed by atoms with van der Waals surface area (Å²) in [4.78, 5) is 37.8. The minimum absolute atomic E-state index is 0.0485. The molecule has 2 aromatic rings. The molecule has 7 nitrogen and oxygen atoms in total. The largest absolute Gasteiger partial charge is 0.481 e. The fraction of sp³-hybridized carbons (Fsp3) is 0.464. The van der Waals surface area contributed by atoms with Gasteiger partial charge in [0.15, 0.2) is 0 Å². The SMILES string of the molecule is CC(NC(=O)OCC1c2ccccc2-c2ccccc21)(C(=O)NC1CC2CC2(C(=O)O)C1)C1CC1. The molecule has 3 N–H and O–H groups in total. The van der Waals surface area contributed by atoms with Crippen molar-refractivity contribution in [2.45, 2.75) is 56.5 Å². The van der Waals surface area contributed by atoms with Gasteiger partial charge >= 0.3 is 12.1 Å². The van der Waals surface area contributed by atoms with Crippen LogP contribution in [0.2, 0.25) is 0 Å². The average molecular weight is 475 g/mol. The van der Waals surface area contributed by atoms with Gasteiger partial charge in [-0.15, -0.1) is 0 Å². The highest BCUT2D eigenvalue weighted by Gasteiger charge is 2.66. The third kappa shape index (κ3) is 3.60. The molecule has 4 unspecified atom stereocenters. The van der Waals surface area contributed by atoms with Crippen LogP contribution in [0.25, 0.3) is 11.1 Å². The fourth-order valence-electron chi connectivity index (χ4n) is 6.45. The lowest BCUT2D eigenvalue weighted by atomic mass is 9.93. The van der Waals surface area contributed by atoms with Crippen LogP contribution in [0, 0.1) is 17.3 Å². The van der Waals surface area contributed by atoms with Gasteiger partial charge in [-0.05, 0) is 73.1 Å². The van der Waals surface area contributed by atoms with Crippen molar-refractivity contribution >= 4 is 18.0 Å². The van der Waals surface area contributed by atoms with Crippen LogP contribution < -0.4 is 10.6 Å². The Kier molecular flexibility index (Phi) is 4.95. The van der Waals surface area contributed by atoms with E-state index in [1.54, 1.807) is 6.92 Å². The van der Waals surface area contributed by atoms with E-state index in [1.165, 1.54) is 0 Å². The number of alkyl carbamates (subject to hydrolysis) is 1. The predicted octanol–water partition coefficient (Wildman–Crippen LogP) is 4.06. The molecule has 3 fully saturated rings. The molecule has 0 spiro atoms. The fourth-order valence-corrected chi connectivity index (χ4v) is 6.45. The maximum absolute atomic E-state index is 13.3. The Labute approximate surface area is 204 Å². The van der Waals surface area contributed by atoms with Gasteiger partial charge in [0, 0.05) is 12.0 Å². The van der Waals surface area contributed by atoms with Crippen molar-refractivity contribution < 1.29 is 24.2 Å². The van der Waals surface area contributed by atoms with E-state index in [0.29, 0.717) is 19.3 Å². The highest BCUT2D eigenvalue weighted by Crippen LogP contribution is 2.63. The summed E-state index contributed by atoms with van der Waals surface area (Å²) >= 11 is 0. The molecule has 6 rings (SSSR count). The van der Waals surface area contributed by atoms with Crippen molar-refractivity contribution in [2.75, 3.05) is 6.61 Å². The number of nitrogens with one attached hydrogen (secondary N) is 2. The zero-order valence-electron chi connectivity index (χ0n) is 19.8. The summed E-state index contributed by atoms with van der Waals surface area (Å²) in [6, 6.07) is 16.2. The molecule has 0 radical (unpaired) electrons. The van der Waals surface area contributed by atoms with Gasteiger partial charge in [-0.25, -0.2) is 4.79 Å². The third-order valence-electron chi connectivity index (χ3n) is 8.74. The van der Waals surface area contributed by atoms with Crippen LogP contribution >= 0.6 is 0 Å². The monoisotopic (exact) mass is 474 g/mol. The first-order valence-corrected chi connectivity index (χ1v) is 12.5. The molecule has 2 amide bonds. The second kappa shape index (κ2) is 7.83. The topological polar surface area (TPSA) is 105 Å². The van der Waals surface area contributed by atoms with Crippen LogP contribution in [-0.4, -0.2) is 41.3 Å². The van der Waals surface area contributed by atoms with E-state index in [2.05, 4.69) is 34.9 Å². The van der Waals surface area contributed by atoms with E-state index in [0.717, 1.165) is 35.1 Å². The van der Waals surface area contributed by atoms with Crippen LogP contribution in [0.5, 0.6) is 0 Å². The molecule has 35 heavy (non-hydrogen) atoms. The van der Waals surface area contributed by atoms with Gasteiger partial charge in [0.05, 0.1) is 5.41 Å². The van der Waals surface area contributed by atoms with Gasteiger partial charge in [-0.1, -0.05) is 48.5 Å². The van der Waals surface area contributed by atoms with E-state index in [1.807, 2.05) is 24.3 Å². The Morgan fingerprint density at radius 3 is 2.23 bits per heavy atom. The van der Waals surface area contributed by atoms with E-state index >= 15 is 0 Å². The molecule has 0 aliphatic heterocycles. The van der Waals surface area contributed by atoms with Crippen LogP contribution in [-0.2, 0) is 14.3 Å². The van der Waals surface area contributed by atoms with Gasteiger partial charge in [-0.2, -0.15) is 0 Å². The summed E-state index contributed by atoms with van der Waals surface area (Å²) in [5.41, 5.74) is 2.86. The Bertz CT molecular complexity index is 1180. The second-order valence-corrected chi connectivity index (χ2v) is 10.9. The van der Waals surface area contributed by atoms with Gasteiger partial charge in [-0.3, -0.25) is 9.59 Å². The smallest absolute Gasteiger partial charge is 0.408 e. The van der Waals surface area contributed by atoms with Crippen molar-refractivity contribution in [2.24, 2.45) is 17.3 Å². The molecular weight excluding hydrogens is 444 g/mol. The zero-order chi connectivity index (χ0) is 24.4. The summed E-state index contributed by atoms with van der Waals surface area (Å²) in [6.07, 6.45) is 2.97. The van der Waals surface area contributed by atoms with Gasteiger partial charge < -0.3 is 20.5 Å². The summed E-state index contributed by atoms with van der Waals surface area (Å²) in [7, 11) is 0. The summed E-state index contributed by atoms with van der Waals surface area (Å²) < 4.78 is 5.70. The molecule has 0 aromatic heterocycles. The number of carbonyl (C=O) groups excluding carboxylic acids is 2. The highest BCUT2D eigenvalue weighted by molar-refractivity contribution is 5.91. The molecule has 2 aromatic carbocycles. The van der Waals surface area contributed by atoms with Crippen molar-refractivity contribution in [3.05, 3.63) is 59.7 Å². The molecule has 3 saturated carbocycles. The van der Waals surface area contributed by atoms with Crippen LogP contribution in [0.3, 0.4) is 0 Å². The van der Waals surface area contributed by atoms with Gasteiger partial charge in [0.25, 0.3) is 0 Å². The number of ether oxygens (including phenoxy) is 1. The molecular formula is C28H30N2O5. The van der Waals surface area contributed by atoms with E-state index in [9.17, 15) is 19.5 Å². The Morgan fingerprint density at radius 1 is 1.03 bits per heavy atom. The van der Waals surface area contributed by atoms with Crippen LogP contribution in [0.4, 0.5) is 4.79 Å². The Morgan fingerprint density at radius 2 is 1.66 bits per heavy atom. The first kappa shape index (κ1) is 22.1. The molecule has 0 heterocycles. The summed E-state index contributed by atoms with van der Waals surface area (Å²) in [5, 5.41) is 15.4. The van der Waals surface area contributed by atoms with Gasteiger partial charge in [0.1, 0.15) is 12.1 Å². The zero-order valence-corrected chi connectivity index (χ0v) is 19.8. The number of hydrogen-bond donors (Lipinski definition) is 3. The number of benzene rings is 2. The number of carboxylic acid groups (broad SMARTS) is 1. The molecule has 4 atom stereocenters. The summed E-state index contributed by atoms with van der Waals surface area (Å²) in [6.45, 7) is 1.94. The maximum Gasteiger partial charge on any atom is 0.408 e. The number of hydrogen-bond acceptors (Lipinski definition) is 4. The van der Waals surface area contributed by atoms with E-state index in [-0.39, 0.29) is 36.3 Å². The van der Waals surface area contributed by atoms with Crippen molar-refractivity contribution in [3.63, 3.8) is 0 Å². The number of carbonyl (C=O) groups is 3. The minimum Gasteiger partial charge on any atom is -0.481 e. The normalized spacial score (nSPS) is 27.7. The lowest BCUT2D eigenvalue weighted by molar-refractivity contribution is -0.144. The van der Waals surface area contributed by atoms with Gasteiger partial charge in [0.2, 0.25) is 5.91 Å². The van der Waals surface area contributed by atoms with Crippen molar-refractivity contribution in [1.29, 1.82) is 0 Å². The lowest BCUT2D eigenvalue weighted by Gasteiger charge is -2.31. The van der Waals surface area contributed by atoms with E-state index < -0.39 is 23.0 Å². The third-order valence-corrected chi connectivity index (χ3v) is 8.74. The van der Waals surface area contributed by atoms with Crippen LogP contribution in [0.15, 0.2) is 48.5 Å². The molecule has 0 saturated heterocycles. The Balaban J connectivity index is 1.11. The van der Waals surface area contributed by atoms with Crippen LogP contribution in [0.1, 0.15) is 56.1 Å². The van der Waals surface area contributed by atoms with Crippen molar-refractivity contribution in [3.8, 4) is 11.1 Å². The predicted molar refractivity (Wildman–Crippen MR) is 129 cm³/mol. The molecule has 4 aliphatic rings. The highest BCUT2D eigenvalue weighted by atomic mass is 16.5. The molecule has 7 heteroatoms. The molecule has 0 bridgehead atoms. The maximum atomic E-state index is 13.3. The molecule has 4 aliphatic carbocycles. The Hall–Kier alpha value is -3.35. The average Bonchev–Trinajstić information content (AvgIpc) is 3.76. The standard InChI is InChI=1S/C28H30N2O5/c1-27(16-10-11-16,24(31)29-18-12-17-13-28(17,14-18)25(32)33)30-26(34)35-15-23-21-8-4-2-6-19(21)20-7-3-5-9-22(20)23/h2-9,16-18,23H,10-15H2,1H3,(H,29,31)(H,30,34)(H,32,33). The number of aliphatic carboxylic acids is 1. The minimum atomic E-state index is -1.08. The quantitative estimate of drug-likeness (QED) is 0.561. The number of amides is 2. The number of fused-ring (bicyclic) bond motifs is 4. The number of rotatable bonds is 7. The first-order valence-electron chi connectivity index (χ1n) is 12.5. The first-order chi connectivity index (χ1) is 16.8. The van der Waals surface area contributed by atoms with E-state index in [4.69, 9.17) is 4.74 Å². The number of carboxylic acids is 1.